The van der Waals surface area contributed by atoms with Crippen LogP contribution in [0.25, 0.3) is 0 Å². The van der Waals surface area contributed by atoms with Crippen molar-refractivity contribution >= 4 is 21.2 Å². The van der Waals surface area contributed by atoms with E-state index in [2.05, 4.69) is 14.4 Å². The lowest BCUT2D eigenvalue weighted by Gasteiger charge is -2.19. The van der Waals surface area contributed by atoms with Crippen molar-refractivity contribution in [2.45, 2.75) is 31.1 Å². The Hall–Kier alpha value is -2.65. The number of aliphatic hydroxyl groups excluding tert-OH is 2. The number of methoxy groups -OCH3 is 1. The van der Waals surface area contributed by atoms with Crippen molar-refractivity contribution in [3.63, 3.8) is 0 Å². The summed E-state index contributed by atoms with van der Waals surface area (Å²) in [6, 6.07) is 7.78. The zero-order chi connectivity index (χ0) is 28.3. The molecule has 18 heteroatoms. The largest absolute Gasteiger partial charge is 0.465 e. The SMILES string of the molecule is COC(=O)c1ccc(CO/N=c2/ccn([C@@H]3O[C@H](COP(=O)(O)CP(=O)(O)O)[C@@H](O)[C@H]3O)c(=O)n2C)cc1. The highest BCUT2D eigenvalue weighted by atomic mass is 31.2. The molecule has 0 bridgehead atoms. The summed E-state index contributed by atoms with van der Waals surface area (Å²) in [5, 5.41) is 24.5. The van der Waals surface area contributed by atoms with E-state index in [1.54, 1.807) is 24.3 Å². The third-order valence-corrected chi connectivity index (χ3v) is 8.87. The van der Waals surface area contributed by atoms with E-state index in [9.17, 15) is 33.8 Å². The lowest BCUT2D eigenvalue weighted by Crippen LogP contribution is -2.42. The molecule has 2 heterocycles. The number of ether oxygens (including phenoxy) is 2. The van der Waals surface area contributed by atoms with E-state index in [-0.39, 0.29) is 12.1 Å². The van der Waals surface area contributed by atoms with Gasteiger partial charge < -0.3 is 43.7 Å². The van der Waals surface area contributed by atoms with E-state index in [1.165, 1.54) is 26.4 Å². The highest BCUT2D eigenvalue weighted by Gasteiger charge is 2.45. The fraction of sp³-hybridized carbons (Fsp3) is 0.450. The van der Waals surface area contributed by atoms with Gasteiger partial charge in [0.2, 0.25) is 0 Å². The van der Waals surface area contributed by atoms with Crippen molar-refractivity contribution in [3.8, 4) is 0 Å². The van der Waals surface area contributed by atoms with E-state index in [0.717, 1.165) is 9.13 Å². The third-order valence-electron chi connectivity index (χ3n) is 5.41. The molecule has 1 aromatic heterocycles. The van der Waals surface area contributed by atoms with Crippen LogP contribution in [-0.4, -0.2) is 77.9 Å². The summed E-state index contributed by atoms with van der Waals surface area (Å²) in [5.74, 6) is -1.92. The number of hydrogen-bond donors (Lipinski definition) is 5. The molecule has 0 saturated carbocycles. The van der Waals surface area contributed by atoms with E-state index in [4.69, 9.17) is 19.4 Å². The van der Waals surface area contributed by atoms with Gasteiger partial charge in [0.05, 0.1) is 19.3 Å². The molecule has 1 saturated heterocycles. The van der Waals surface area contributed by atoms with Gasteiger partial charge in [0.25, 0.3) is 0 Å². The second-order valence-electron chi connectivity index (χ2n) is 8.26. The second-order valence-corrected chi connectivity index (χ2v) is 12.3. The molecule has 210 valence electrons. The third kappa shape index (κ3) is 7.47. The Morgan fingerprint density at radius 2 is 1.76 bits per heavy atom. The average molecular weight is 579 g/mol. The monoisotopic (exact) mass is 579 g/mol. The molecule has 1 unspecified atom stereocenters. The lowest BCUT2D eigenvalue weighted by atomic mass is 10.1. The number of rotatable bonds is 10. The van der Waals surface area contributed by atoms with Gasteiger partial charge in [0, 0.05) is 19.3 Å². The molecule has 0 amide bonds. The molecule has 5 N–H and O–H groups in total. The number of carbonyl (C=O) groups excluding carboxylic acids is 1. The van der Waals surface area contributed by atoms with Crippen molar-refractivity contribution in [1.29, 1.82) is 0 Å². The Bertz CT molecular complexity index is 1370. The minimum absolute atomic E-state index is 0.0274. The fourth-order valence-corrected chi connectivity index (χ4v) is 6.04. The quantitative estimate of drug-likeness (QED) is 0.129. The van der Waals surface area contributed by atoms with Gasteiger partial charge in [-0.1, -0.05) is 17.3 Å². The molecule has 16 nitrogen and oxygen atoms in total. The molecule has 1 aliphatic heterocycles. The van der Waals surface area contributed by atoms with Crippen LogP contribution in [0.15, 0.2) is 46.5 Å². The Labute approximate surface area is 215 Å². The first-order chi connectivity index (χ1) is 17.7. The molecule has 1 aromatic carbocycles. The van der Waals surface area contributed by atoms with Crippen LogP contribution in [0.5, 0.6) is 0 Å². The fourth-order valence-electron chi connectivity index (χ4n) is 3.47. The second kappa shape index (κ2) is 12.0. The molecule has 5 atom stereocenters. The zero-order valence-corrected chi connectivity index (χ0v) is 21.9. The highest BCUT2D eigenvalue weighted by molar-refractivity contribution is 7.70. The minimum Gasteiger partial charge on any atom is -0.465 e. The highest BCUT2D eigenvalue weighted by Crippen LogP contribution is 2.55. The Morgan fingerprint density at radius 1 is 1.11 bits per heavy atom. The number of benzene rings is 1. The molecule has 1 aliphatic rings. The summed E-state index contributed by atoms with van der Waals surface area (Å²) >= 11 is 0. The molecule has 0 spiro atoms. The standard InChI is InChI=1S/C20H27N3O13P2/c1-22-15(21-34-9-12-3-5-13(6-4-12)19(26)33-2)7-8-23(20(22)27)18-17(25)16(24)14(36-18)10-35-38(31,32)11-37(28,29)30/h3-8,14,16-18,24-25H,9-11H2,1-2H3,(H,31,32)(H2,28,29,30)/b21-15-/t14-,16-,17-,18-/m1/s1. The van der Waals surface area contributed by atoms with Crippen molar-refractivity contribution in [1.82, 2.24) is 9.13 Å². The molecule has 2 aromatic rings. The smallest absolute Gasteiger partial charge is 0.340 e. The number of aliphatic hydroxyl groups is 2. The number of nitrogens with zero attached hydrogens (tertiary/aromatic N) is 3. The predicted octanol–water partition coefficient (Wildman–Crippen LogP) is -1.04. The zero-order valence-electron chi connectivity index (χ0n) is 20.1. The Kier molecular flexibility index (Phi) is 9.47. The first-order valence-electron chi connectivity index (χ1n) is 10.9. The summed E-state index contributed by atoms with van der Waals surface area (Å²) in [5.41, 5.74) is 0.439. The molecule has 38 heavy (non-hydrogen) atoms. The summed E-state index contributed by atoms with van der Waals surface area (Å²) < 4.78 is 39.6. The maximum Gasteiger partial charge on any atom is 0.340 e. The Balaban J connectivity index is 1.68. The molecular formula is C20H27N3O13P2. The van der Waals surface area contributed by atoms with Gasteiger partial charge in [-0.25, -0.2) is 9.59 Å². The number of carbonyl (C=O) groups is 1. The van der Waals surface area contributed by atoms with Crippen LogP contribution in [0.4, 0.5) is 0 Å². The number of aromatic nitrogens is 2. The van der Waals surface area contributed by atoms with Crippen molar-refractivity contribution in [3.05, 3.63) is 63.6 Å². The van der Waals surface area contributed by atoms with Gasteiger partial charge in [-0.15, -0.1) is 0 Å². The van der Waals surface area contributed by atoms with E-state index < -0.39 is 63.9 Å². The van der Waals surface area contributed by atoms with Crippen LogP contribution in [-0.2, 0) is 41.6 Å². The molecule has 0 radical (unpaired) electrons. The Morgan fingerprint density at radius 3 is 2.37 bits per heavy atom. The van der Waals surface area contributed by atoms with Crippen LogP contribution >= 0.6 is 15.2 Å². The van der Waals surface area contributed by atoms with E-state index >= 15 is 0 Å². The topological polar surface area (TPSA) is 229 Å². The van der Waals surface area contributed by atoms with Crippen LogP contribution in [0, 0.1) is 0 Å². The normalized spacial score (nSPS) is 23.7. The predicted molar refractivity (Wildman–Crippen MR) is 126 cm³/mol. The van der Waals surface area contributed by atoms with Gasteiger partial charge in [0.1, 0.15) is 24.9 Å². The maximum atomic E-state index is 12.9. The van der Waals surface area contributed by atoms with Crippen molar-refractivity contribution < 1.29 is 57.7 Å². The van der Waals surface area contributed by atoms with Crippen LogP contribution in [0.2, 0.25) is 0 Å². The molecule has 1 fully saturated rings. The molecule has 3 rings (SSSR count). The van der Waals surface area contributed by atoms with Crippen LogP contribution in [0.1, 0.15) is 22.1 Å². The van der Waals surface area contributed by atoms with Crippen LogP contribution < -0.4 is 11.2 Å². The van der Waals surface area contributed by atoms with Crippen molar-refractivity contribution in [2.75, 3.05) is 19.6 Å². The number of esters is 1. The van der Waals surface area contributed by atoms with Crippen molar-refractivity contribution in [2.24, 2.45) is 12.2 Å². The van der Waals surface area contributed by atoms with Gasteiger partial charge in [-0.3, -0.25) is 18.3 Å². The van der Waals surface area contributed by atoms with Gasteiger partial charge in [-0.05, 0) is 17.7 Å². The molecule has 0 aliphatic carbocycles. The van der Waals surface area contributed by atoms with E-state index in [1.807, 2.05) is 0 Å². The first kappa shape index (κ1) is 29.9. The minimum atomic E-state index is -4.86. The molecular weight excluding hydrogens is 552 g/mol. The summed E-state index contributed by atoms with van der Waals surface area (Å²) in [4.78, 5) is 57.0. The van der Waals surface area contributed by atoms with E-state index in [0.29, 0.717) is 11.1 Å². The van der Waals surface area contributed by atoms with Gasteiger partial charge >= 0.3 is 26.9 Å². The lowest BCUT2D eigenvalue weighted by molar-refractivity contribution is -0.0530. The summed E-state index contributed by atoms with van der Waals surface area (Å²) in [6.45, 7) is -0.759. The number of hydrogen-bond acceptors (Lipinski definition) is 11. The maximum absolute atomic E-state index is 12.9. The van der Waals surface area contributed by atoms with Gasteiger partial charge in [0.15, 0.2) is 17.6 Å². The summed E-state index contributed by atoms with van der Waals surface area (Å²) in [6.07, 6.45) is -4.87. The first-order valence-corrected chi connectivity index (χ1v) is 14.4. The van der Waals surface area contributed by atoms with Crippen LogP contribution in [0.3, 0.4) is 0 Å². The summed E-state index contributed by atoms with van der Waals surface area (Å²) in [7, 11) is -6.94. The van der Waals surface area contributed by atoms with Gasteiger partial charge in [-0.2, -0.15) is 0 Å². The average Bonchev–Trinajstić information content (AvgIpc) is 3.12.